The first kappa shape index (κ1) is 37.9. The topological polar surface area (TPSA) is 324 Å². The molecule has 5 heterocycles. The smallest absolute Gasteiger partial charge is 0.352 e. The molecule has 0 radical (unpaired) electrons. The van der Waals surface area contributed by atoms with Crippen molar-refractivity contribution < 1.29 is 48.8 Å². The van der Waals surface area contributed by atoms with Crippen LogP contribution in [0.2, 0.25) is 0 Å². The summed E-state index contributed by atoms with van der Waals surface area (Å²) in [4.78, 5) is 86.9. The Morgan fingerprint density at radius 3 is 2.64 bits per heavy atom. The van der Waals surface area contributed by atoms with Crippen molar-refractivity contribution in [1.82, 2.24) is 30.6 Å². The average molecular weight is 773 g/mol. The normalized spacial score (nSPS) is 17.3. The number of carbonyl (C=O) groups excluding carboxylic acids is 3. The lowest BCUT2D eigenvalue weighted by Gasteiger charge is -2.49. The van der Waals surface area contributed by atoms with E-state index in [4.69, 9.17) is 16.3 Å². The van der Waals surface area contributed by atoms with Crippen molar-refractivity contribution in [2.45, 2.75) is 37.4 Å². The second-order valence-corrected chi connectivity index (χ2v) is 13.9. The fourth-order valence-corrected chi connectivity index (χ4v) is 6.73. The van der Waals surface area contributed by atoms with Gasteiger partial charge in [0.2, 0.25) is 17.2 Å². The van der Waals surface area contributed by atoms with Gasteiger partial charge in [0.25, 0.3) is 17.7 Å². The number of carboxylic acids is 2. The highest BCUT2D eigenvalue weighted by molar-refractivity contribution is 8.00. The molecule has 12 N–H and O–H groups in total. The van der Waals surface area contributed by atoms with Crippen LogP contribution in [0.1, 0.15) is 30.0 Å². The van der Waals surface area contributed by atoms with Gasteiger partial charge in [-0.15, -0.1) is 32.9 Å². The summed E-state index contributed by atoms with van der Waals surface area (Å²) in [7, 11) is 0. The molecule has 2 atom stereocenters. The van der Waals surface area contributed by atoms with Crippen LogP contribution in [0, 0.1) is 0 Å². The summed E-state index contributed by atoms with van der Waals surface area (Å²) in [6.45, 7) is 3.13. The number of thioether (sulfide) groups is 1. The SMILES string of the molecule is CC(C)(O/N=C(\C(=O)N[C@@H]1C(=O)N2C(C(=O)O)=C(/C=C/C[n+]3cc(NCCNC(=O)c4cc(=O)c(O)c[nH]4)c(N)[nH]3)CSC12)c1csc(N)n1)C(=O)O. The first-order valence-electron chi connectivity index (χ1n) is 15.5. The number of aromatic hydroxyl groups is 1. The number of aliphatic carboxylic acids is 2. The van der Waals surface area contributed by atoms with Gasteiger partial charge in [-0.3, -0.25) is 24.1 Å². The van der Waals surface area contributed by atoms with Crippen LogP contribution in [0.15, 0.2) is 57.2 Å². The average Bonchev–Trinajstić information content (AvgIpc) is 3.70. The van der Waals surface area contributed by atoms with Crippen molar-refractivity contribution in [3.8, 4) is 5.75 Å². The molecule has 53 heavy (non-hydrogen) atoms. The highest BCUT2D eigenvalue weighted by Crippen LogP contribution is 2.40. The van der Waals surface area contributed by atoms with E-state index in [1.165, 1.54) is 31.0 Å². The molecule has 0 aliphatic carbocycles. The van der Waals surface area contributed by atoms with Gasteiger partial charge in [0, 0.05) is 36.5 Å². The molecule has 2 aliphatic heterocycles. The number of hydrogen-bond donors (Lipinski definition) is 10. The molecular formula is C30H34N11O10S2+. The van der Waals surface area contributed by atoms with Gasteiger partial charge >= 0.3 is 11.9 Å². The Balaban J connectivity index is 1.19. The largest absolute Gasteiger partial charge is 0.503 e. The van der Waals surface area contributed by atoms with Crippen molar-refractivity contribution >= 4 is 75.1 Å². The fraction of sp³-hybridized carbons (Fsp3) is 0.300. The van der Waals surface area contributed by atoms with Crippen LogP contribution >= 0.6 is 23.1 Å². The summed E-state index contributed by atoms with van der Waals surface area (Å²) >= 11 is 2.23. The van der Waals surface area contributed by atoms with Gasteiger partial charge in [0.15, 0.2) is 29.0 Å². The van der Waals surface area contributed by atoms with Crippen molar-refractivity contribution in [1.29, 1.82) is 0 Å². The summed E-state index contributed by atoms with van der Waals surface area (Å²) in [6.07, 6.45) is 5.93. The van der Waals surface area contributed by atoms with Crippen LogP contribution in [-0.2, 0) is 30.6 Å². The van der Waals surface area contributed by atoms with E-state index in [0.29, 0.717) is 11.3 Å². The van der Waals surface area contributed by atoms with Crippen LogP contribution in [0.3, 0.4) is 0 Å². The summed E-state index contributed by atoms with van der Waals surface area (Å²) < 4.78 is 1.62. The molecule has 23 heteroatoms. The number of thiazole rings is 1. The Morgan fingerprint density at radius 2 is 1.98 bits per heavy atom. The predicted octanol–water partition coefficient (Wildman–Crippen LogP) is -1.26. The van der Waals surface area contributed by atoms with Gasteiger partial charge in [0.1, 0.15) is 34.2 Å². The maximum Gasteiger partial charge on any atom is 0.352 e. The third-order valence-electron chi connectivity index (χ3n) is 7.67. The van der Waals surface area contributed by atoms with Crippen molar-refractivity contribution in [2.24, 2.45) is 5.16 Å². The minimum absolute atomic E-state index is 0.00992. The molecule has 0 bridgehead atoms. The van der Waals surface area contributed by atoms with E-state index >= 15 is 0 Å². The molecule has 0 spiro atoms. The minimum Gasteiger partial charge on any atom is -0.503 e. The number of β-lactam (4-membered cyclic amide) rings is 1. The Morgan fingerprint density at radius 1 is 1.23 bits per heavy atom. The zero-order valence-corrected chi connectivity index (χ0v) is 29.5. The molecule has 2 aliphatic rings. The molecule has 1 unspecified atom stereocenters. The number of anilines is 3. The van der Waals surface area contributed by atoms with Crippen LogP contribution in [-0.4, -0.2) is 107 Å². The van der Waals surface area contributed by atoms with E-state index in [-0.39, 0.29) is 53.4 Å². The maximum atomic E-state index is 13.3. The van der Waals surface area contributed by atoms with Gasteiger partial charge in [-0.1, -0.05) is 11.2 Å². The van der Waals surface area contributed by atoms with Crippen LogP contribution in [0.4, 0.5) is 16.6 Å². The number of amides is 3. The van der Waals surface area contributed by atoms with E-state index in [1.807, 2.05) is 0 Å². The zero-order chi connectivity index (χ0) is 38.6. The second kappa shape index (κ2) is 15.5. The third kappa shape index (κ3) is 8.41. The number of nitrogens with two attached hydrogens (primary N) is 2. The molecule has 21 nitrogen and oxygen atoms in total. The number of allylic oxidation sites excluding steroid dienone is 2. The molecule has 5 rings (SSSR count). The van der Waals surface area contributed by atoms with E-state index < -0.39 is 63.6 Å². The lowest BCUT2D eigenvalue weighted by molar-refractivity contribution is -0.739. The molecule has 3 amide bonds. The van der Waals surface area contributed by atoms with E-state index in [0.717, 1.165) is 28.5 Å². The molecule has 3 aromatic heterocycles. The number of fused-ring (bicyclic) bond motifs is 1. The van der Waals surface area contributed by atoms with Gasteiger partial charge in [0.05, 0.1) is 0 Å². The summed E-state index contributed by atoms with van der Waals surface area (Å²) in [5.41, 5.74) is 9.46. The van der Waals surface area contributed by atoms with Gasteiger partial charge in [-0.2, -0.15) is 0 Å². The van der Waals surface area contributed by atoms with Crippen molar-refractivity contribution in [3.63, 3.8) is 0 Å². The quantitative estimate of drug-likeness (QED) is 0.0283. The molecule has 1 fully saturated rings. The lowest BCUT2D eigenvalue weighted by atomic mass is 10.0. The van der Waals surface area contributed by atoms with E-state index in [1.54, 1.807) is 23.0 Å². The maximum absolute atomic E-state index is 13.3. The first-order valence-corrected chi connectivity index (χ1v) is 17.4. The second-order valence-electron chi connectivity index (χ2n) is 11.9. The lowest BCUT2D eigenvalue weighted by Crippen LogP contribution is -2.71. The summed E-state index contributed by atoms with van der Waals surface area (Å²) in [5, 5.41) is 44.3. The number of carbonyl (C=O) groups is 5. The molecule has 280 valence electrons. The molecule has 1 saturated heterocycles. The predicted molar refractivity (Wildman–Crippen MR) is 190 cm³/mol. The molecule has 3 aromatic rings. The number of hydrogen-bond acceptors (Lipinski definition) is 15. The summed E-state index contributed by atoms with van der Waals surface area (Å²) in [6, 6.07) is -0.147. The van der Waals surface area contributed by atoms with Crippen LogP contribution in [0.5, 0.6) is 5.75 Å². The highest BCUT2D eigenvalue weighted by Gasteiger charge is 2.54. The highest BCUT2D eigenvalue weighted by atomic mass is 32.2. The number of aromatic nitrogens is 4. The fourth-order valence-electron chi connectivity index (χ4n) is 4.86. The Bertz CT molecular complexity index is 2120. The number of oxime groups is 1. The first-order chi connectivity index (χ1) is 25.1. The number of rotatable bonds is 15. The Labute approximate surface area is 306 Å². The minimum atomic E-state index is -1.80. The Hall–Kier alpha value is -6.36. The number of nitrogens with one attached hydrogen (secondary N) is 5. The third-order valence-corrected chi connectivity index (χ3v) is 9.65. The number of carboxylic acid groups (broad SMARTS) is 2. The van der Waals surface area contributed by atoms with Gasteiger partial charge in [-0.25, -0.2) is 14.6 Å². The van der Waals surface area contributed by atoms with E-state index in [9.17, 15) is 44.1 Å². The van der Waals surface area contributed by atoms with Crippen LogP contribution in [0.25, 0.3) is 0 Å². The van der Waals surface area contributed by atoms with Gasteiger partial charge in [-0.05, 0) is 25.5 Å². The van der Waals surface area contributed by atoms with Gasteiger partial charge < -0.3 is 52.6 Å². The number of nitrogen functional groups attached to an aromatic ring is 2. The zero-order valence-electron chi connectivity index (χ0n) is 27.9. The summed E-state index contributed by atoms with van der Waals surface area (Å²) in [5.74, 6) is -4.85. The molecular weight excluding hydrogens is 739 g/mol. The number of pyridine rings is 1. The monoisotopic (exact) mass is 772 g/mol. The van der Waals surface area contributed by atoms with Crippen molar-refractivity contribution in [3.05, 3.63) is 68.9 Å². The van der Waals surface area contributed by atoms with Crippen LogP contribution < -0.4 is 37.5 Å². The van der Waals surface area contributed by atoms with E-state index in [2.05, 4.69) is 36.2 Å². The number of H-pyrrole nitrogens is 2. The number of nitrogens with zero attached hydrogens (tertiary/aromatic N) is 4. The van der Waals surface area contributed by atoms with Crippen molar-refractivity contribution in [2.75, 3.05) is 35.6 Å². The molecule has 0 saturated carbocycles. The Kier molecular flexibility index (Phi) is 11.1. The number of aromatic amines is 2. The standard InChI is InChI=1S/C30H33N11O10S2/c1-30(2,28(49)50)51-39-19(16-12-53-29(32)36-16)24(45)37-20-25(46)41-21(27(47)48)13(11-52-26(20)41)4-3-7-40-10-15(22(31)38-40)33-5-6-34-23(44)14-8-17(42)18(43)9-35-14/h3-4,8-10,12,20,26,33H,5-7,11H2,1-2H3,(H10,31,32,34,35,36,37,38,39,42,43,44,45,47,48,49,50)/p+1/b4-3+/t20-,26?/m1/s1. The molecule has 0 aromatic carbocycles.